The van der Waals surface area contributed by atoms with Gasteiger partial charge in [-0.05, 0) is 26.0 Å². The standard InChI is InChI=1S/C12H21NO3/c1-10(2)16-9-11(14)8-13-6-5-12-4-3-7-15-12/h3-4,7,10-11,13-14H,5-6,8-9H2,1-2H3. The first-order valence-corrected chi connectivity index (χ1v) is 5.71. The zero-order chi connectivity index (χ0) is 11.8. The summed E-state index contributed by atoms with van der Waals surface area (Å²) < 4.78 is 10.5. The molecular formula is C12H21NO3. The molecule has 0 aromatic carbocycles. The molecule has 1 rings (SSSR count). The van der Waals surface area contributed by atoms with E-state index < -0.39 is 6.10 Å². The summed E-state index contributed by atoms with van der Waals surface area (Å²) >= 11 is 0. The monoisotopic (exact) mass is 227 g/mol. The van der Waals surface area contributed by atoms with E-state index in [0.717, 1.165) is 18.7 Å². The minimum Gasteiger partial charge on any atom is -0.469 e. The molecule has 1 aromatic rings. The van der Waals surface area contributed by atoms with Crippen molar-refractivity contribution in [1.82, 2.24) is 5.32 Å². The second kappa shape index (κ2) is 7.44. The Morgan fingerprint density at radius 3 is 2.94 bits per heavy atom. The van der Waals surface area contributed by atoms with Gasteiger partial charge in [-0.1, -0.05) is 0 Å². The van der Waals surface area contributed by atoms with Gasteiger partial charge in [0.05, 0.1) is 25.1 Å². The maximum absolute atomic E-state index is 9.54. The van der Waals surface area contributed by atoms with Crippen LogP contribution in [0, 0.1) is 0 Å². The van der Waals surface area contributed by atoms with Crippen molar-refractivity contribution in [2.75, 3.05) is 19.7 Å². The van der Waals surface area contributed by atoms with E-state index in [2.05, 4.69) is 5.32 Å². The average Bonchev–Trinajstić information content (AvgIpc) is 2.74. The van der Waals surface area contributed by atoms with E-state index in [4.69, 9.17) is 9.15 Å². The van der Waals surface area contributed by atoms with Crippen LogP contribution in [0.2, 0.25) is 0 Å². The van der Waals surface area contributed by atoms with Gasteiger partial charge in [0.1, 0.15) is 5.76 Å². The molecule has 0 aliphatic carbocycles. The van der Waals surface area contributed by atoms with Gasteiger partial charge in [0.2, 0.25) is 0 Å². The number of rotatable bonds is 8. The first-order chi connectivity index (χ1) is 7.68. The Kier molecular flexibility index (Phi) is 6.15. The second-order valence-electron chi connectivity index (χ2n) is 4.07. The third-order valence-electron chi connectivity index (χ3n) is 2.13. The number of hydrogen-bond donors (Lipinski definition) is 2. The Morgan fingerprint density at radius 1 is 1.50 bits per heavy atom. The number of aliphatic hydroxyl groups is 1. The van der Waals surface area contributed by atoms with Gasteiger partial charge in [-0.3, -0.25) is 0 Å². The van der Waals surface area contributed by atoms with Crippen molar-refractivity contribution in [2.45, 2.75) is 32.5 Å². The van der Waals surface area contributed by atoms with Gasteiger partial charge in [-0.2, -0.15) is 0 Å². The molecule has 0 saturated carbocycles. The lowest BCUT2D eigenvalue weighted by molar-refractivity contribution is 0.00649. The van der Waals surface area contributed by atoms with Crippen LogP contribution in [-0.2, 0) is 11.2 Å². The van der Waals surface area contributed by atoms with Crippen LogP contribution in [0.25, 0.3) is 0 Å². The Balaban J connectivity index is 1.98. The number of hydrogen-bond acceptors (Lipinski definition) is 4. The molecule has 4 heteroatoms. The molecule has 0 spiro atoms. The molecule has 0 bridgehead atoms. The maximum Gasteiger partial charge on any atom is 0.105 e. The van der Waals surface area contributed by atoms with Crippen LogP contribution in [0.15, 0.2) is 22.8 Å². The van der Waals surface area contributed by atoms with E-state index >= 15 is 0 Å². The minimum absolute atomic E-state index is 0.165. The van der Waals surface area contributed by atoms with Gasteiger partial charge in [0.25, 0.3) is 0 Å². The van der Waals surface area contributed by atoms with E-state index in [0.29, 0.717) is 13.2 Å². The molecule has 0 fully saturated rings. The molecule has 0 saturated heterocycles. The summed E-state index contributed by atoms with van der Waals surface area (Å²) in [5.41, 5.74) is 0. The molecule has 4 nitrogen and oxygen atoms in total. The van der Waals surface area contributed by atoms with E-state index in [1.807, 2.05) is 26.0 Å². The molecule has 0 radical (unpaired) electrons. The van der Waals surface area contributed by atoms with Crippen molar-refractivity contribution in [3.05, 3.63) is 24.2 Å². The van der Waals surface area contributed by atoms with Gasteiger partial charge in [-0.15, -0.1) is 0 Å². The number of aliphatic hydroxyl groups excluding tert-OH is 1. The first-order valence-electron chi connectivity index (χ1n) is 5.71. The zero-order valence-electron chi connectivity index (χ0n) is 9.98. The third-order valence-corrected chi connectivity index (χ3v) is 2.13. The van der Waals surface area contributed by atoms with E-state index in [9.17, 15) is 5.11 Å². The molecule has 0 aliphatic rings. The van der Waals surface area contributed by atoms with Crippen LogP contribution in [0.1, 0.15) is 19.6 Å². The molecular weight excluding hydrogens is 206 g/mol. The predicted molar refractivity (Wildman–Crippen MR) is 62.4 cm³/mol. The van der Waals surface area contributed by atoms with Crippen molar-refractivity contribution >= 4 is 0 Å². The SMILES string of the molecule is CC(C)OCC(O)CNCCc1ccco1. The fourth-order valence-electron chi connectivity index (χ4n) is 1.30. The van der Waals surface area contributed by atoms with Crippen LogP contribution in [0.3, 0.4) is 0 Å². The van der Waals surface area contributed by atoms with Gasteiger partial charge in [-0.25, -0.2) is 0 Å². The smallest absolute Gasteiger partial charge is 0.105 e. The Bertz CT molecular complexity index is 259. The molecule has 1 heterocycles. The summed E-state index contributed by atoms with van der Waals surface area (Å²) in [6.07, 6.45) is 2.22. The topological polar surface area (TPSA) is 54.6 Å². The lowest BCUT2D eigenvalue weighted by atomic mass is 10.3. The Morgan fingerprint density at radius 2 is 2.31 bits per heavy atom. The fourth-order valence-corrected chi connectivity index (χ4v) is 1.30. The van der Waals surface area contributed by atoms with Gasteiger partial charge >= 0.3 is 0 Å². The summed E-state index contributed by atoms with van der Waals surface area (Å²) in [6, 6.07) is 3.82. The van der Waals surface area contributed by atoms with E-state index in [1.54, 1.807) is 6.26 Å². The summed E-state index contributed by atoms with van der Waals surface area (Å²) in [7, 11) is 0. The van der Waals surface area contributed by atoms with Crippen LogP contribution < -0.4 is 5.32 Å². The highest BCUT2D eigenvalue weighted by atomic mass is 16.5. The summed E-state index contributed by atoms with van der Waals surface area (Å²) in [4.78, 5) is 0. The van der Waals surface area contributed by atoms with Crippen LogP contribution in [0.5, 0.6) is 0 Å². The van der Waals surface area contributed by atoms with E-state index in [-0.39, 0.29) is 6.10 Å². The number of nitrogens with one attached hydrogen (secondary N) is 1. The van der Waals surface area contributed by atoms with Gasteiger partial charge in [0, 0.05) is 19.5 Å². The van der Waals surface area contributed by atoms with Crippen molar-refractivity contribution in [3.8, 4) is 0 Å². The normalized spacial score (nSPS) is 13.2. The molecule has 16 heavy (non-hydrogen) atoms. The Labute approximate surface area is 96.6 Å². The highest BCUT2D eigenvalue weighted by Gasteiger charge is 2.05. The molecule has 1 atom stereocenters. The maximum atomic E-state index is 9.54. The van der Waals surface area contributed by atoms with Crippen molar-refractivity contribution in [1.29, 1.82) is 0 Å². The number of ether oxygens (including phenoxy) is 1. The predicted octanol–water partition coefficient (Wildman–Crippen LogP) is 1.20. The molecule has 2 N–H and O–H groups in total. The summed E-state index contributed by atoms with van der Waals surface area (Å²) in [6.45, 7) is 5.64. The molecule has 92 valence electrons. The van der Waals surface area contributed by atoms with Crippen LogP contribution in [0.4, 0.5) is 0 Å². The molecule has 1 aromatic heterocycles. The number of furan rings is 1. The fraction of sp³-hybridized carbons (Fsp3) is 0.667. The molecule has 1 unspecified atom stereocenters. The van der Waals surface area contributed by atoms with Crippen LogP contribution in [-0.4, -0.2) is 37.0 Å². The lowest BCUT2D eigenvalue weighted by Gasteiger charge is -2.13. The molecule has 0 amide bonds. The largest absolute Gasteiger partial charge is 0.469 e. The minimum atomic E-state index is -0.445. The van der Waals surface area contributed by atoms with Gasteiger partial charge < -0.3 is 19.6 Å². The van der Waals surface area contributed by atoms with Crippen molar-refractivity contribution < 1.29 is 14.3 Å². The van der Waals surface area contributed by atoms with Crippen molar-refractivity contribution in [2.24, 2.45) is 0 Å². The highest BCUT2D eigenvalue weighted by Crippen LogP contribution is 1.99. The van der Waals surface area contributed by atoms with Gasteiger partial charge in [0.15, 0.2) is 0 Å². The summed E-state index contributed by atoms with van der Waals surface area (Å²) in [5.74, 6) is 0.959. The quantitative estimate of drug-likeness (QED) is 0.655. The summed E-state index contributed by atoms with van der Waals surface area (Å²) in [5, 5.41) is 12.7. The second-order valence-corrected chi connectivity index (χ2v) is 4.07. The molecule has 0 aliphatic heterocycles. The lowest BCUT2D eigenvalue weighted by Crippen LogP contribution is -2.32. The zero-order valence-corrected chi connectivity index (χ0v) is 9.98. The Hall–Kier alpha value is -0.840. The van der Waals surface area contributed by atoms with Crippen LogP contribution >= 0.6 is 0 Å². The third kappa shape index (κ3) is 5.90. The van der Waals surface area contributed by atoms with E-state index in [1.165, 1.54) is 0 Å². The highest BCUT2D eigenvalue weighted by molar-refractivity contribution is 4.98. The first kappa shape index (κ1) is 13.2. The average molecular weight is 227 g/mol. The van der Waals surface area contributed by atoms with Crippen molar-refractivity contribution in [3.63, 3.8) is 0 Å².